The molecule has 1 saturated heterocycles. The van der Waals surface area contributed by atoms with Crippen LogP contribution in [0.4, 0.5) is 0 Å². The van der Waals surface area contributed by atoms with Crippen molar-refractivity contribution in [2.75, 3.05) is 13.1 Å². The predicted octanol–water partition coefficient (Wildman–Crippen LogP) is 3.49. The molecule has 0 saturated carbocycles. The molecule has 1 aromatic rings. The number of carbonyl (C=O) groups excluding carboxylic acids is 2. The van der Waals surface area contributed by atoms with Gasteiger partial charge in [0, 0.05) is 30.7 Å². The van der Waals surface area contributed by atoms with Crippen LogP contribution in [0.5, 0.6) is 0 Å². The van der Waals surface area contributed by atoms with Crippen LogP contribution in [0.3, 0.4) is 0 Å². The van der Waals surface area contributed by atoms with Crippen molar-refractivity contribution in [2.24, 2.45) is 0 Å². The average molecular weight is 328 g/mol. The number of Topliss-reactive ketones (excluding diaryl/α,β-unsaturated/α-hetero) is 2. The first-order valence-corrected chi connectivity index (χ1v) is 8.72. The molecule has 2 rings (SSSR count). The third-order valence-electron chi connectivity index (χ3n) is 4.43. The maximum absolute atomic E-state index is 13.1. The Balaban J connectivity index is 2.63. The first-order valence-electron chi connectivity index (χ1n) is 8.72. The molecule has 0 radical (unpaired) electrons. The highest BCUT2D eigenvalue weighted by Crippen LogP contribution is 2.28. The van der Waals surface area contributed by atoms with Gasteiger partial charge >= 0.3 is 0 Å². The Morgan fingerprint density at radius 1 is 0.917 bits per heavy atom. The van der Waals surface area contributed by atoms with Crippen LogP contribution >= 0.6 is 0 Å². The van der Waals surface area contributed by atoms with Crippen molar-refractivity contribution < 1.29 is 9.59 Å². The summed E-state index contributed by atoms with van der Waals surface area (Å²) in [4.78, 5) is 29.9. The van der Waals surface area contributed by atoms with Gasteiger partial charge in [-0.25, -0.2) is 0 Å². The smallest absolute Gasteiger partial charge is 0.200 e. The van der Waals surface area contributed by atoms with Crippen molar-refractivity contribution in [1.82, 2.24) is 9.80 Å². The number of hydrogen-bond donors (Lipinski definition) is 0. The third-order valence-corrected chi connectivity index (χ3v) is 4.43. The normalized spacial score (nSPS) is 15.2. The molecule has 0 unspecified atom stereocenters. The van der Waals surface area contributed by atoms with Gasteiger partial charge in [-0.1, -0.05) is 30.3 Å². The fourth-order valence-corrected chi connectivity index (χ4v) is 3.23. The lowest BCUT2D eigenvalue weighted by molar-refractivity contribution is -0.113. The monoisotopic (exact) mass is 328 g/mol. The predicted molar refractivity (Wildman–Crippen MR) is 96.8 cm³/mol. The molecule has 1 aliphatic heterocycles. The van der Waals surface area contributed by atoms with Gasteiger partial charge in [-0.3, -0.25) is 9.59 Å². The average Bonchev–Trinajstić information content (AvgIpc) is 2.55. The van der Waals surface area contributed by atoms with Crippen molar-refractivity contribution in [1.29, 1.82) is 0 Å². The summed E-state index contributed by atoms with van der Waals surface area (Å²) in [6, 6.07) is 9.55. The number of nitrogens with zero attached hydrogens (tertiary/aromatic N) is 2. The van der Waals surface area contributed by atoms with Crippen LogP contribution < -0.4 is 0 Å². The van der Waals surface area contributed by atoms with Crippen molar-refractivity contribution in [3.05, 3.63) is 47.3 Å². The van der Waals surface area contributed by atoms with E-state index in [1.807, 2.05) is 18.2 Å². The third kappa shape index (κ3) is 3.69. The molecule has 0 N–H and O–H groups in total. The lowest BCUT2D eigenvalue weighted by atomic mass is 9.97. The maximum Gasteiger partial charge on any atom is 0.200 e. The molecule has 0 aromatic heterocycles. The summed E-state index contributed by atoms with van der Waals surface area (Å²) in [5, 5.41) is 0. The summed E-state index contributed by atoms with van der Waals surface area (Å²) in [6.45, 7) is 11.7. The number of rotatable bonds is 5. The number of ketones is 2. The van der Waals surface area contributed by atoms with Gasteiger partial charge < -0.3 is 9.80 Å². The number of hydrogen-bond acceptors (Lipinski definition) is 4. The summed E-state index contributed by atoms with van der Waals surface area (Å²) in [5.74, 6) is 0.445. The molecule has 1 aliphatic rings. The Bertz CT molecular complexity index is 614. The van der Waals surface area contributed by atoms with Gasteiger partial charge in [0.15, 0.2) is 11.6 Å². The molecule has 1 heterocycles. The first-order chi connectivity index (χ1) is 11.3. The molecule has 0 spiro atoms. The van der Waals surface area contributed by atoms with Crippen molar-refractivity contribution in [3.63, 3.8) is 0 Å². The largest absolute Gasteiger partial charge is 0.355 e. The second kappa shape index (κ2) is 7.65. The van der Waals surface area contributed by atoms with E-state index in [4.69, 9.17) is 0 Å². The van der Waals surface area contributed by atoms with E-state index < -0.39 is 0 Å². The summed E-state index contributed by atoms with van der Waals surface area (Å²) >= 11 is 0. The van der Waals surface area contributed by atoms with E-state index in [0.717, 1.165) is 25.3 Å². The highest BCUT2D eigenvalue weighted by molar-refractivity contribution is 6.26. The molecule has 0 amide bonds. The molecule has 24 heavy (non-hydrogen) atoms. The van der Waals surface area contributed by atoms with Crippen LogP contribution in [-0.2, 0) is 4.79 Å². The standard InChI is InChI=1S/C20H28N2O2/c1-14(2)21-12-9-13-22(15(3)4)20(21)18(16(5)23)19(24)17-10-7-6-8-11-17/h6-8,10-11,14-15H,9,12-13H2,1-5H3. The van der Waals surface area contributed by atoms with Crippen molar-refractivity contribution in [3.8, 4) is 0 Å². The van der Waals surface area contributed by atoms with Crippen molar-refractivity contribution in [2.45, 2.75) is 53.1 Å². The van der Waals surface area contributed by atoms with Crippen LogP contribution in [0.2, 0.25) is 0 Å². The number of carbonyl (C=O) groups is 2. The zero-order chi connectivity index (χ0) is 17.9. The minimum absolute atomic E-state index is 0.169. The summed E-state index contributed by atoms with van der Waals surface area (Å²) in [7, 11) is 0. The maximum atomic E-state index is 13.1. The molecular weight excluding hydrogens is 300 g/mol. The van der Waals surface area contributed by atoms with Gasteiger partial charge in [0.05, 0.1) is 0 Å². The highest BCUT2D eigenvalue weighted by atomic mass is 16.1. The van der Waals surface area contributed by atoms with Gasteiger partial charge in [0.2, 0.25) is 0 Å². The fraction of sp³-hybridized carbons (Fsp3) is 0.500. The summed E-state index contributed by atoms with van der Waals surface area (Å²) in [5.41, 5.74) is 0.872. The van der Waals surface area contributed by atoms with E-state index in [1.165, 1.54) is 6.92 Å². The lowest BCUT2D eigenvalue weighted by Gasteiger charge is -2.45. The summed E-state index contributed by atoms with van der Waals surface area (Å²) < 4.78 is 0. The van der Waals surface area contributed by atoms with E-state index >= 15 is 0 Å². The minimum atomic E-state index is -0.184. The minimum Gasteiger partial charge on any atom is -0.355 e. The SMILES string of the molecule is CC(=O)C(C(=O)c1ccccc1)=C1N(C(C)C)CCCN1C(C)C. The Morgan fingerprint density at radius 2 is 1.42 bits per heavy atom. The van der Waals surface area contributed by atoms with Crippen LogP contribution in [0, 0.1) is 0 Å². The number of benzene rings is 1. The van der Waals surface area contributed by atoms with Gasteiger partial charge in [-0.05, 0) is 41.0 Å². The van der Waals surface area contributed by atoms with Crippen LogP contribution in [0.1, 0.15) is 51.4 Å². The van der Waals surface area contributed by atoms with Gasteiger partial charge in [0.1, 0.15) is 11.4 Å². The molecule has 1 aromatic carbocycles. The van der Waals surface area contributed by atoms with Gasteiger partial charge in [0.25, 0.3) is 0 Å². The molecule has 4 heteroatoms. The van der Waals surface area contributed by atoms with E-state index in [9.17, 15) is 9.59 Å². The zero-order valence-corrected chi connectivity index (χ0v) is 15.4. The first kappa shape index (κ1) is 18.2. The van der Waals surface area contributed by atoms with E-state index in [2.05, 4.69) is 37.5 Å². The van der Waals surface area contributed by atoms with Crippen LogP contribution in [-0.4, -0.2) is 46.5 Å². The Morgan fingerprint density at radius 3 is 1.83 bits per heavy atom. The molecule has 1 fully saturated rings. The fourth-order valence-electron chi connectivity index (χ4n) is 3.23. The van der Waals surface area contributed by atoms with E-state index in [0.29, 0.717) is 11.1 Å². The van der Waals surface area contributed by atoms with Crippen LogP contribution in [0.25, 0.3) is 0 Å². The molecule has 4 nitrogen and oxygen atoms in total. The zero-order valence-electron chi connectivity index (χ0n) is 15.4. The topological polar surface area (TPSA) is 40.6 Å². The van der Waals surface area contributed by atoms with E-state index in [1.54, 1.807) is 12.1 Å². The van der Waals surface area contributed by atoms with Crippen LogP contribution in [0.15, 0.2) is 41.7 Å². The Kier molecular flexibility index (Phi) is 5.81. The number of allylic oxidation sites excluding steroid dienone is 1. The second-order valence-corrected chi connectivity index (χ2v) is 6.88. The van der Waals surface area contributed by atoms with E-state index in [-0.39, 0.29) is 23.7 Å². The summed E-state index contributed by atoms with van der Waals surface area (Å²) in [6.07, 6.45) is 1.03. The molecule has 130 valence electrons. The van der Waals surface area contributed by atoms with Gasteiger partial charge in [-0.15, -0.1) is 0 Å². The Hall–Kier alpha value is -2.10. The molecular formula is C20H28N2O2. The second-order valence-electron chi connectivity index (χ2n) is 6.88. The molecule has 0 aliphatic carbocycles. The highest BCUT2D eigenvalue weighted by Gasteiger charge is 2.33. The van der Waals surface area contributed by atoms with Gasteiger partial charge in [-0.2, -0.15) is 0 Å². The Labute approximate surface area is 145 Å². The lowest BCUT2D eigenvalue weighted by Crippen LogP contribution is -2.49. The van der Waals surface area contributed by atoms with Crippen molar-refractivity contribution >= 4 is 11.6 Å². The molecule has 0 atom stereocenters. The quantitative estimate of drug-likeness (QED) is 0.359. The molecule has 0 bridgehead atoms.